The molecule has 0 atom stereocenters. The lowest BCUT2D eigenvalue weighted by Crippen LogP contribution is -1.92. The Morgan fingerprint density at radius 1 is 1.50 bits per heavy atom. The molecule has 1 aliphatic carbocycles. The van der Waals surface area contributed by atoms with Gasteiger partial charge in [-0.05, 0) is 12.8 Å². The van der Waals surface area contributed by atoms with E-state index in [2.05, 4.69) is 9.97 Å². The summed E-state index contributed by atoms with van der Waals surface area (Å²) >= 11 is 0. The van der Waals surface area contributed by atoms with Crippen LogP contribution in [0.15, 0.2) is 12.5 Å². The molecule has 1 saturated carbocycles. The lowest BCUT2D eigenvalue weighted by molar-refractivity contribution is 0.591. The summed E-state index contributed by atoms with van der Waals surface area (Å²) in [6, 6.07) is 0. The van der Waals surface area contributed by atoms with Crippen molar-refractivity contribution in [1.82, 2.24) is 9.97 Å². The second-order valence-electron chi connectivity index (χ2n) is 2.53. The minimum atomic E-state index is -0.259. The third-order valence-corrected chi connectivity index (χ3v) is 1.66. The van der Waals surface area contributed by atoms with Crippen molar-refractivity contribution in [2.45, 2.75) is 18.8 Å². The van der Waals surface area contributed by atoms with E-state index < -0.39 is 0 Å². The molecule has 0 radical (unpaired) electrons. The predicted molar refractivity (Wildman–Crippen MR) is 34.0 cm³/mol. The largest absolute Gasteiger partial charge is 0.242 e. The van der Waals surface area contributed by atoms with Gasteiger partial charge in [0.2, 0.25) is 0 Å². The highest BCUT2D eigenvalue weighted by Gasteiger charge is 2.27. The highest BCUT2D eigenvalue weighted by Crippen LogP contribution is 2.39. The first-order chi connectivity index (χ1) is 4.88. The van der Waals surface area contributed by atoms with Crippen LogP contribution in [0.2, 0.25) is 0 Å². The van der Waals surface area contributed by atoms with Gasteiger partial charge in [0, 0.05) is 5.92 Å². The minimum Gasteiger partial charge on any atom is -0.242 e. The van der Waals surface area contributed by atoms with E-state index in [0.29, 0.717) is 11.6 Å². The van der Waals surface area contributed by atoms with Crippen LogP contribution in [0.5, 0.6) is 0 Å². The molecule has 1 aromatic heterocycles. The second kappa shape index (κ2) is 2.01. The van der Waals surface area contributed by atoms with Gasteiger partial charge in [0.15, 0.2) is 5.82 Å². The van der Waals surface area contributed by atoms with E-state index in [0.717, 1.165) is 12.8 Å². The van der Waals surface area contributed by atoms with Crippen molar-refractivity contribution >= 4 is 0 Å². The summed E-state index contributed by atoms with van der Waals surface area (Å²) in [5.41, 5.74) is 0.593. The van der Waals surface area contributed by atoms with Gasteiger partial charge in [-0.25, -0.2) is 14.4 Å². The Labute approximate surface area is 58.1 Å². The molecule has 52 valence electrons. The first kappa shape index (κ1) is 5.77. The van der Waals surface area contributed by atoms with Gasteiger partial charge in [0.25, 0.3) is 0 Å². The van der Waals surface area contributed by atoms with E-state index in [9.17, 15) is 4.39 Å². The summed E-state index contributed by atoms with van der Waals surface area (Å²) in [5.74, 6) is 0.119. The molecule has 3 heteroatoms. The van der Waals surface area contributed by atoms with Gasteiger partial charge in [-0.1, -0.05) is 0 Å². The molecule has 0 spiro atoms. The van der Waals surface area contributed by atoms with Crippen molar-refractivity contribution in [3.8, 4) is 0 Å². The average Bonchev–Trinajstić information content (AvgIpc) is 2.71. The Hall–Kier alpha value is -0.990. The molecule has 1 heterocycles. The highest BCUT2D eigenvalue weighted by molar-refractivity contribution is 5.13. The minimum absolute atomic E-state index is 0.259. The molecule has 2 rings (SSSR count). The highest BCUT2D eigenvalue weighted by atomic mass is 19.1. The first-order valence-corrected chi connectivity index (χ1v) is 3.33. The third-order valence-electron chi connectivity index (χ3n) is 1.66. The normalized spacial score (nSPS) is 17.3. The molecule has 2 nitrogen and oxygen atoms in total. The van der Waals surface area contributed by atoms with E-state index >= 15 is 0 Å². The number of hydrogen-bond donors (Lipinski definition) is 0. The molecule has 0 unspecified atom stereocenters. The van der Waals surface area contributed by atoms with Crippen molar-refractivity contribution in [2.75, 3.05) is 0 Å². The summed E-state index contributed by atoms with van der Waals surface area (Å²) in [7, 11) is 0. The van der Waals surface area contributed by atoms with Crippen molar-refractivity contribution in [2.24, 2.45) is 0 Å². The summed E-state index contributed by atoms with van der Waals surface area (Å²) in [6.45, 7) is 0. The van der Waals surface area contributed by atoms with Crippen LogP contribution in [-0.2, 0) is 0 Å². The second-order valence-corrected chi connectivity index (χ2v) is 2.53. The van der Waals surface area contributed by atoms with E-state index in [4.69, 9.17) is 0 Å². The Morgan fingerprint density at radius 3 is 2.90 bits per heavy atom. The van der Waals surface area contributed by atoms with Gasteiger partial charge in [0.1, 0.15) is 6.33 Å². The van der Waals surface area contributed by atoms with Crippen LogP contribution in [0.1, 0.15) is 24.5 Å². The fraction of sp³-hybridized carbons (Fsp3) is 0.429. The van der Waals surface area contributed by atoms with Gasteiger partial charge < -0.3 is 0 Å². The van der Waals surface area contributed by atoms with Crippen LogP contribution in [0, 0.1) is 5.82 Å². The monoisotopic (exact) mass is 138 g/mol. The topological polar surface area (TPSA) is 25.8 Å². The fourth-order valence-electron chi connectivity index (χ4n) is 0.979. The van der Waals surface area contributed by atoms with Gasteiger partial charge in [0.05, 0.1) is 11.9 Å². The summed E-state index contributed by atoms with van der Waals surface area (Å²) in [6.07, 6.45) is 4.78. The van der Waals surface area contributed by atoms with Crippen LogP contribution in [0.25, 0.3) is 0 Å². The molecule has 0 aliphatic heterocycles. The number of rotatable bonds is 1. The van der Waals surface area contributed by atoms with Gasteiger partial charge in [-0.15, -0.1) is 0 Å². The molecule has 0 saturated heterocycles. The van der Waals surface area contributed by atoms with E-state index in [1.165, 1.54) is 12.5 Å². The van der Waals surface area contributed by atoms with E-state index in [-0.39, 0.29) is 5.82 Å². The predicted octanol–water partition coefficient (Wildman–Crippen LogP) is 1.49. The smallest absolute Gasteiger partial charge is 0.163 e. The lowest BCUT2D eigenvalue weighted by atomic mass is 10.3. The van der Waals surface area contributed by atoms with Crippen LogP contribution < -0.4 is 0 Å². The van der Waals surface area contributed by atoms with Gasteiger partial charge >= 0.3 is 0 Å². The summed E-state index contributed by atoms with van der Waals surface area (Å²) in [5, 5.41) is 0. The number of aromatic nitrogens is 2. The number of nitrogens with zero attached hydrogens (tertiary/aromatic N) is 2. The number of hydrogen-bond acceptors (Lipinski definition) is 2. The van der Waals surface area contributed by atoms with Crippen molar-refractivity contribution in [1.29, 1.82) is 0 Å². The van der Waals surface area contributed by atoms with Crippen molar-refractivity contribution in [3.63, 3.8) is 0 Å². The lowest BCUT2D eigenvalue weighted by Gasteiger charge is -1.94. The average molecular weight is 138 g/mol. The SMILES string of the molecule is Fc1cncnc1C1CC1. The molecule has 0 amide bonds. The zero-order valence-electron chi connectivity index (χ0n) is 5.42. The standard InChI is InChI=1S/C7H7FN2/c8-6-3-9-4-10-7(6)5-1-2-5/h3-5H,1-2H2. The molecule has 1 aromatic rings. The molecule has 10 heavy (non-hydrogen) atoms. The van der Waals surface area contributed by atoms with Crippen LogP contribution in [0.4, 0.5) is 4.39 Å². The molecule has 1 fully saturated rings. The Kier molecular flexibility index (Phi) is 1.16. The third kappa shape index (κ3) is 0.875. The summed E-state index contributed by atoms with van der Waals surface area (Å²) < 4.78 is 12.8. The Balaban J connectivity index is 2.39. The molecule has 0 N–H and O–H groups in total. The quantitative estimate of drug-likeness (QED) is 0.587. The zero-order valence-corrected chi connectivity index (χ0v) is 5.42. The number of halogens is 1. The Morgan fingerprint density at radius 2 is 2.30 bits per heavy atom. The van der Waals surface area contributed by atoms with Gasteiger partial charge in [-0.2, -0.15) is 0 Å². The summed E-state index contributed by atoms with van der Waals surface area (Å²) in [4.78, 5) is 7.42. The Bertz CT molecular complexity index is 245. The van der Waals surface area contributed by atoms with Crippen LogP contribution in [0.3, 0.4) is 0 Å². The first-order valence-electron chi connectivity index (χ1n) is 3.33. The molecular weight excluding hydrogens is 131 g/mol. The van der Waals surface area contributed by atoms with E-state index in [1.807, 2.05) is 0 Å². The van der Waals surface area contributed by atoms with Crippen molar-refractivity contribution < 1.29 is 4.39 Å². The molecule has 0 bridgehead atoms. The maximum atomic E-state index is 12.8. The zero-order chi connectivity index (χ0) is 6.97. The maximum Gasteiger partial charge on any atom is 0.163 e. The molecular formula is C7H7FN2. The van der Waals surface area contributed by atoms with Crippen LogP contribution in [-0.4, -0.2) is 9.97 Å². The molecule has 1 aliphatic rings. The van der Waals surface area contributed by atoms with Crippen molar-refractivity contribution in [3.05, 3.63) is 24.0 Å². The van der Waals surface area contributed by atoms with E-state index in [1.54, 1.807) is 0 Å². The fourth-order valence-corrected chi connectivity index (χ4v) is 0.979. The van der Waals surface area contributed by atoms with Crippen LogP contribution >= 0.6 is 0 Å². The maximum absolute atomic E-state index is 12.8. The van der Waals surface area contributed by atoms with Gasteiger partial charge in [-0.3, -0.25) is 0 Å². The molecule has 0 aromatic carbocycles.